The van der Waals surface area contributed by atoms with Gasteiger partial charge in [-0.25, -0.2) is 8.42 Å². The molecular formula is C21H23Cl2N3O4S. The van der Waals surface area contributed by atoms with Crippen LogP contribution < -0.4 is 4.90 Å². The number of morpholine rings is 1. The zero-order valence-electron chi connectivity index (χ0n) is 16.8. The number of benzene rings is 2. The molecule has 2 aromatic carbocycles. The summed E-state index contributed by atoms with van der Waals surface area (Å²) >= 11 is 12.5. The molecule has 0 bridgehead atoms. The van der Waals surface area contributed by atoms with E-state index in [0.29, 0.717) is 39.4 Å². The molecule has 166 valence electrons. The first-order valence-electron chi connectivity index (χ1n) is 10.0. The van der Waals surface area contributed by atoms with Gasteiger partial charge in [0.15, 0.2) is 0 Å². The van der Waals surface area contributed by atoms with Crippen molar-refractivity contribution in [3.63, 3.8) is 0 Å². The largest absolute Gasteiger partial charge is 0.379 e. The lowest BCUT2D eigenvalue weighted by Gasteiger charge is -2.36. The maximum absolute atomic E-state index is 13.2. The van der Waals surface area contributed by atoms with E-state index in [2.05, 4.69) is 4.90 Å². The summed E-state index contributed by atoms with van der Waals surface area (Å²) in [7, 11) is -3.86. The van der Waals surface area contributed by atoms with Crippen molar-refractivity contribution in [1.82, 2.24) is 9.21 Å². The number of hydrogen-bond donors (Lipinski definition) is 0. The van der Waals surface area contributed by atoms with Gasteiger partial charge in [0.1, 0.15) is 4.90 Å². The molecule has 1 amide bonds. The normalized spacial score (nSPS) is 18.3. The van der Waals surface area contributed by atoms with Crippen molar-refractivity contribution < 1.29 is 17.9 Å². The van der Waals surface area contributed by atoms with Crippen molar-refractivity contribution in [3.8, 4) is 0 Å². The number of carbonyl (C=O) groups is 1. The number of rotatable bonds is 4. The highest BCUT2D eigenvalue weighted by atomic mass is 35.5. The molecule has 2 heterocycles. The number of sulfonamides is 1. The Kier molecular flexibility index (Phi) is 6.74. The summed E-state index contributed by atoms with van der Waals surface area (Å²) < 4.78 is 32.7. The minimum Gasteiger partial charge on any atom is -0.379 e. The lowest BCUT2D eigenvalue weighted by Crippen LogP contribution is -2.49. The second-order valence-corrected chi connectivity index (χ2v) is 10.1. The van der Waals surface area contributed by atoms with E-state index in [4.69, 9.17) is 27.9 Å². The monoisotopic (exact) mass is 483 g/mol. The van der Waals surface area contributed by atoms with Crippen LogP contribution in [-0.4, -0.2) is 76.0 Å². The second-order valence-electron chi connectivity index (χ2n) is 7.39. The molecule has 0 unspecified atom stereocenters. The molecule has 31 heavy (non-hydrogen) atoms. The summed E-state index contributed by atoms with van der Waals surface area (Å²) in [6.07, 6.45) is 0. The Balaban J connectivity index is 1.54. The van der Waals surface area contributed by atoms with Crippen molar-refractivity contribution in [3.05, 3.63) is 58.1 Å². The van der Waals surface area contributed by atoms with Crippen LogP contribution in [0.3, 0.4) is 0 Å². The van der Waals surface area contributed by atoms with E-state index < -0.39 is 10.0 Å². The minimum atomic E-state index is -3.86. The number of nitrogens with zero attached hydrogens (tertiary/aromatic N) is 3. The molecule has 2 fully saturated rings. The molecule has 2 saturated heterocycles. The number of para-hydroxylation sites is 1. The third-order valence-corrected chi connectivity index (χ3v) is 8.20. The van der Waals surface area contributed by atoms with Crippen molar-refractivity contribution in [2.75, 3.05) is 57.4 Å². The first kappa shape index (κ1) is 22.4. The average Bonchev–Trinajstić information content (AvgIpc) is 2.80. The maximum Gasteiger partial charge on any atom is 0.255 e. The molecule has 0 aromatic heterocycles. The Hall–Kier alpha value is -1.84. The smallest absolute Gasteiger partial charge is 0.255 e. The number of halogens is 2. The number of carbonyl (C=O) groups excluding carboxylic acids is 1. The highest BCUT2D eigenvalue weighted by Crippen LogP contribution is 2.32. The van der Waals surface area contributed by atoms with Crippen LogP contribution in [0.15, 0.2) is 47.4 Å². The third-order valence-electron chi connectivity index (χ3n) is 5.53. The number of anilines is 1. The van der Waals surface area contributed by atoms with Gasteiger partial charge in [-0.15, -0.1) is 0 Å². The molecule has 10 heteroatoms. The summed E-state index contributed by atoms with van der Waals surface area (Å²) in [6.45, 7) is 3.51. The number of hydrogen-bond acceptors (Lipinski definition) is 5. The molecular weight excluding hydrogens is 461 g/mol. The Morgan fingerprint density at radius 1 is 0.871 bits per heavy atom. The fourth-order valence-electron chi connectivity index (χ4n) is 3.79. The molecule has 4 rings (SSSR count). The fraction of sp³-hybridized carbons (Fsp3) is 0.381. The zero-order chi connectivity index (χ0) is 22.0. The Morgan fingerprint density at radius 3 is 2.16 bits per heavy atom. The Bertz CT molecular complexity index is 1050. The van der Waals surface area contributed by atoms with E-state index in [1.165, 1.54) is 16.4 Å². The number of ether oxygens (including phenoxy) is 1. The molecule has 0 N–H and O–H groups in total. The highest BCUT2D eigenvalue weighted by molar-refractivity contribution is 7.89. The molecule has 2 aliphatic rings. The molecule has 0 saturated carbocycles. The van der Waals surface area contributed by atoms with Gasteiger partial charge < -0.3 is 14.5 Å². The Morgan fingerprint density at radius 2 is 1.52 bits per heavy atom. The van der Waals surface area contributed by atoms with Gasteiger partial charge in [0.25, 0.3) is 5.91 Å². The predicted octanol–water partition coefficient (Wildman–Crippen LogP) is 2.98. The van der Waals surface area contributed by atoms with Crippen LogP contribution in [0.4, 0.5) is 5.69 Å². The lowest BCUT2D eigenvalue weighted by atomic mass is 10.1. The van der Waals surface area contributed by atoms with Gasteiger partial charge in [0.2, 0.25) is 10.0 Å². The van der Waals surface area contributed by atoms with Crippen LogP contribution in [0.2, 0.25) is 10.0 Å². The molecule has 2 aliphatic heterocycles. The molecule has 0 atom stereocenters. The predicted molar refractivity (Wildman–Crippen MR) is 121 cm³/mol. The third kappa shape index (κ3) is 4.68. The maximum atomic E-state index is 13.2. The van der Waals surface area contributed by atoms with Crippen LogP contribution in [0.1, 0.15) is 10.4 Å². The van der Waals surface area contributed by atoms with E-state index in [0.717, 1.165) is 5.69 Å². The first-order valence-corrected chi connectivity index (χ1v) is 12.2. The Labute approximate surface area is 192 Å². The van der Waals surface area contributed by atoms with Crippen molar-refractivity contribution >= 4 is 44.8 Å². The van der Waals surface area contributed by atoms with Crippen molar-refractivity contribution in [1.29, 1.82) is 0 Å². The van der Waals surface area contributed by atoms with Gasteiger partial charge in [0, 0.05) is 45.0 Å². The summed E-state index contributed by atoms with van der Waals surface area (Å²) in [5, 5.41) is 0.142. The average molecular weight is 484 g/mol. The zero-order valence-corrected chi connectivity index (χ0v) is 19.2. The van der Waals surface area contributed by atoms with Crippen LogP contribution in [0, 0.1) is 0 Å². The van der Waals surface area contributed by atoms with E-state index in [1.807, 2.05) is 30.3 Å². The second kappa shape index (κ2) is 9.34. The van der Waals surface area contributed by atoms with Gasteiger partial charge in [0.05, 0.1) is 28.8 Å². The van der Waals surface area contributed by atoms with Crippen molar-refractivity contribution in [2.24, 2.45) is 0 Å². The lowest BCUT2D eigenvalue weighted by molar-refractivity contribution is 0.0729. The van der Waals surface area contributed by atoms with E-state index in [1.54, 1.807) is 4.90 Å². The summed E-state index contributed by atoms with van der Waals surface area (Å²) in [4.78, 5) is 17.0. The van der Waals surface area contributed by atoms with E-state index in [-0.39, 0.29) is 39.5 Å². The number of piperazine rings is 1. The van der Waals surface area contributed by atoms with Crippen LogP contribution in [0.5, 0.6) is 0 Å². The van der Waals surface area contributed by atoms with E-state index >= 15 is 0 Å². The van der Waals surface area contributed by atoms with Crippen LogP contribution >= 0.6 is 23.2 Å². The standard InChI is InChI=1S/C21H23Cl2N3O4S/c22-18-15-19(23)20(31(28,29)26-10-12-30-13-11-26)14-17(18)21(27)25-8-6-24(7-9-25)16-4-2-1-3-5-16/h1-5,14-15H,6-13H2. The van der Waals surface area contributed by atoms with Crippen molar-refractivity contribution in [2.45, 2.75) is 4.90 Å². The van der Waals surface area contributed by atoms with Gasteiger partial charge >= 0.3 is 0 Å². The summed E-state index contributed by atoms with van der Waals surface area (Å²) in [5.74, 6) is -0.298. The van der Waals surface area contributed by atoms with Gasteiger partial charge in [-0.3, -0.25) is 4.79 Å². The molecule has 2 aromatic rings. The van der Waals surface area contributed by atoms with Gasteiger partial charge in [-0.05, 0) is 24.3 Å². The van der Waals surface area contributed by atoms with Gasteiger partial charge in [-0.2, -0.15) is 4.31 Å². The molecule has 0 aliphatic carbocycles. The fourth-order valence-corrected chi connectivity index (χ4v) is 6.03. The highest BCUT2D eigenvalue weighted by Gasteiger charge is 2.31. The molecule has 7 nitrogen and oxygen atoms in total. The molecule has 0 radical (unpaired) electrons. The quantitative estimate of drug-likeness (QED) is 0.668. The van der Waals surface area contributed by atoms with Crippen LogP contribution in [-0.2, 0) is 14.8 Å². The first-order chi connectivity index (χ1) is 14.9. The molecule has 0 spiro atoms. The van der Waals surface area contributed by atoms with Crippen LogP contribution in [0.25, 0.3) is 0 Å². The topological polar surface area (TPSA) is 70.2 Å². The summed E-state index contributed by atoms with van der Waals surface area (Å²) in [6, 6.07) is 12.7. The summed E-state index contributed by atoms with van der Waals surface area (Å²) in [5.41, 5.74) is 1.25. The number of amides is 1. The minimum absolute atomic E-state index is 0.00180. The van der Waals surface area contributed by atoms with E-state index in [9.17, 15) is 13.2 Å². The van der Waals surface area contributed by atoms with Gasteiger partial charge in [-0.1, -0.05) is 41.4 Å². The SMILES string of the molecule is O=C(c1cc(S(=O)(=O)N2CCOCC2)c(Cl)cc1Cl)N1CCN(c2ccccc2)CC1.